The van der Waals surface area contributed by atoms with Crippen molar-refractivity contribution in [2.45, 2.75) is 45.4 Å². The number of esters is 1. The number of hydrogen-bond donors (Lipinski definition) is 0. The van der Waals surface area contributed by atoms with Crippen LogP contribution in [0.1, 0.15) is 55.8 Å². The van der Waals surface area contributed by atoms with E-state index in [0.29, 0.717) is 0 Å². The summed E-state index contributed by atoms with van der Waals surface area (Å²) in [4.78, 5) is 21.3. The Balaban J connectivity index is 2.35. The first-order valence-electron chi connectivity index (χ1n) is 7.17. The highest BCUT2D eigenvalue weighted by atomic mass is 19.1. The van der Waals surface area contributed by atoms with Crippen molar-refractivity contribution < 1.29 is 18.8 Å². The lowest BCUT2D eigenvalue weighted by Gasteiger charge is -2.05. The molecule has 1 aromatic carbocycles. The van der Waals surface area contributed by atoms with Crippen LogP contribution in [0.5, 0.6) is 0 Å². The van der Waals surface area contributed by atoms with Crippen molar-refractivity contribution >= 4 is 11.7 Å². The van der Waals surface area contributed by atoms with Crippen molar-refractivity contribution in [3.63, 3.8) is 0 Å². The number of ether oxygens (including phenoxy) is 1. The van der Waals surface area contributed by atoms with Gasteiger partial charge in [0.05, 0.1) is 17.1 Å². The number of nitrogens with zero attached hydrogens (tertiary/aromatic N) is 1. The van der Waals surface area contributed by atoms with Crippen molar-refractivity contribution in [1.82, 2.24) is 0 Å². The number of carbonyl (C=O) groups is 1. The number of hydrogen-bond acceptors (Lipinski definition) is 4. The minimum atomic E-state index is -1.03. The van der Waals surface area contributed by atoms with Gasteiger partial charge < -0.3 is 4.74 Å². The highest BCUT2D eigenvalue weighted by Gasteiger charge is 2.17. The molecular weight excluding hydrogens is 277 g/mol. The summed E-state index contributed by atoms with van der Waals surface area (Å²) in [5.41, 5.74) is -0.661. The van der Waals surface area contributed by atoms with Gasteiger partial charge in [0.15, 0.2) is 0 Å². The molecule has 116 valence electrons. The van der Waals surface area contributed by atoms with E-state index < -0.39 is 22.4 Å². The molecule has 0 aliphatic carbocycles. The summed E-state index contributed by atoms with van der Waals surface area (Å²) in [6.07, 6.45) is 6.44. The number of unbranched alkanes of at least 4 members (excludes halogenated alkanes) is 5. The van der Waals surface area contributed by atoms with Gasteiger partial charge in [0.2, 0.25) is 5.82 Å². The SMILES string of the molecule is CCCCCCCCOC(=O)c1ccc([N+](=O)[O-])c(F)c1. The van der Waals surface area contributed by atoms with Gasteiger partial charge in [-0.2, -0.15) is 4.39 Å². The molecule has 0 amide bonds. The molecule has 6 heteroatoms. The topological polar surface area (TPSA) is 69.4 Å². The van der Waals surface area contributed by atoms with Gasteiger partial charge in [-0.15, -0.1) is 0 Å². The molecule has 0 spiro atoms. The van der Waals surface area contributed by atoms with Gasteiger partial charge in [0.1, 0.15) is 0 Å². The normalized spacial score (nSPS) is 10.4. The Morgan fingerprint density at radius 1 is 1.24 bits per heavy atom. The molecule has 0 aromatic heterocycles. The van der Waals surface area contributed by atoms with Crippen LogP contribution in [0.4, 0.5) is 10.1 Å². The monoisotopic (exact) mass is 297 g/mol. The smallest absolute Gasteiger partial charge is 0.338 e. The van der Waals surface area contributed by atoms with Gasteiger partial charge in [-0.3, -0.25) is 10.1 Å². The van der Waals surface area contributed by atoms with Gasteiger partial charge >= 0.3 is 11.7 Å². The fraction of sp³-hybridized carbons (Fsp3) is 0.533. The largest absolute Gasteiger partial charge is 0.462 e. The second kappa shape index (κ2) is 9.05. The Kier molecular flexibility index (Phi) is 7.36. The Labute approximate surface area is 123 Å². The molecule has 0 aliphatic heterocycles. The minimum absolute atomic E-state index is 0.0101. The number of nitro benzene ring substituents is 1. The molecule has 0 unspecified atom stereocenters. The standard InChI is InChI=1S/C15H20FNO4/c1-2-3-4-5-6-7-10-21-15(18)12-8-9-14(17(19)20)13(16)11-12/h8-9,11H,2-7,10H2,1H3. The Morgan fingerprint density at radius 3 is 2.52 bits per heavy atom. The maximum atomic E-state index is 13.4. The lowest BCUT2D eigenvalue weighted by Crippen LogP contribution is -2.07. The molecule has 0 heterocycles. The van der Waals surface area contributed by atoms with E-state index in [9.17, 15) is 19.3 Å². The summed E-state index contributed by atoms with van der Waals surface area (Å²) in [6.45, 7) is 2.43. The Bertz CT molecular complexity index is 491. The van der Waals surface area contributed by atoms with Crippen molar-refractivity contribution in [3.05, 3.63) is 39.7 Å². The minimum Gasteiger partial charge on any atom is -0.462 e. The van der Waals surface area contributed by atoms with Crippen LogP contribution in [0.15, 0.2) is 18.2 Å². The summed E-state index contributed by atoms with van der Waals surface area (Å²) >= 11 is 0. The summed E-state index contributed by atoms with van der Waals surface area (Å²) in [5, 5.41) is 10.5. The van der Waals surface area contributed by atoms with Crippen LogP contribution >= 0.6 is 0 Å². The molecule has 5 nitrogen and oxygen atoms in total. The fourth-order valence-corrected chi connectivity index (χ4v) is 1.91. The molecule has 0 fully saturated rings. The number of benzene rings is 1. The maximum absolute atomic E-state index is 13.4. The molecule has 21 heavy (non-hydrogen) atoms. The molecule has 0 aliphatic rings. The first-order chi connectivity index (χ1) is 10.1. The number of halogens is 1. The summed E-state index contributed by atoms with van der Waals surface area (Å²) < 4.78 is 18.4. The van der Waals surface area contributed by atoms with Gasteiger partial charge in [-0.05, 0) is 18.6 Å². The van der Waals surface area contributed by atoms with Crippen LogP contribution in [0.2, 0.25) is 0 Å². The van der Waals surface area contributed by atoms with E-state index in [1.165, 1.54) is 25.3 Å². The van der Waals surface area contributed by atoms with E-state index in [1.54, 1.807) is 0 Å². The quantitative estimate of drug-likeness (QED) is 0.296. The first kappa shape index (κ1) is 17.1. The second-order valence-corrected chi connectivity index (χ2v) is 4.83. The van der Waals surface area contributed by atoms with Crippen LogP contribution in [0.25, 0.3) is 0 Å². The third-order valence-electron chi connectivity index (χ3n) is 3.11. The molecule has 0 saturated carbocycles. The Hall–Kier alpha value is -1.98. The number of rotatable bonds is 9. The summed E-state index contributed by atoms with van der Waals surface area (Å²) in [7, 11) is 0. The maximum Gasteiger partial charge on any atom is 0.338 e. The molecule has 0 bridgehead atoms. The summed E-state index contributed by atoms with van der Waals surface area (Å²) in [6, 6.07) is 3.00. The van der Waals surface area contributed by atoms with Crippen LogP contribution in [-0.2, 0) is 4.74 Å². The third-order valence-corrected chi connectivity index (χ3v) is 3.11. The predicted molar refractivity (Wildman–Crippen MR) is 76.7 cm³/mol. The fourth-order valence-electron chi connectivity index (χ4n) is 1.91. The van der Waals surface area contributed by atoms with E-state index >= 15 is 0 Å². The lowest BCUT2D eigenvalue weighted by molar-refractivity contribution is -0.387. The zero-order valence-electron chi connectivity index (χ0n) is 12.1. The van der Waals surface area contributed by atoms with E-state index in [1.807, 2.05) is 0 Å². The molecule has 0 saturated heterocycles. The van der Waals surface area contributed by atoms with Crippen LogP contribution < -0.4 is 0 Å². The van der Waals surface area contributed by atoms with Crippen LogP contribution in [-0.4, -0.2) is 17.5 Å². The van der Waals surface area contributed by atoms with Gasteiger partial charge in [0.25, 0.3) is 0 Å². The van der Waals surface area contributed by atoms with E-state index in [-0.39, 0.29) is 12.2 Å². The second-order valence-electron chi connectivity index (χ2n) is 4.83. The predicted octanol–water partition coefficient (Wildman–Crippen LogP) is 4.25. The molecule has 1 rings (SSSR count). The highest BCUT2D eigenvalue weighted by Crippen LogP contribution is 2.18. The van der Waals surface area contributed by atoms with Crippen molar-refractivity contribution in [2.75, 3.05) is 6.61 Å². The molecule has 1 aromatic rings. The zero-order chi connectivity index (χ0) is 15.7. The average Bonchev–Trinajstić information content (AvgIpc) is 2.45. The van der Waals surface area contributed by atoms with Gasteiger partial charge in [-0.1, -0.05) is 39.0 Å². The number of carbonyl (C=O) groups excluding carboxylic acids is 1. The van der Waals surface area contributed by atoms with Gasteiger partial charge in [0, 0.05) is 6.07 Å². The molecule has 0 radical (unpaired) electrons. The van der Waals surface area contributed by atoms with E-state index in [2.05, 4.69) is 6.92 Å². The average molecular weight is 297 g/mol. The van der Waals surface area contributed by atoms with Crippen LogP contribution in [0, 0.1) is 15.9 Å². The van der Waals surface area contributed by atoms with Crippen LogP contribution in [0.3, 0.4) is 0 Å². The molecule has 0 N–H and O–H groups in total. The molecule has 0 atom stereocenters. The zero-order valence-corrected chi connectivity index (χ0v) is 12.1. The summed E-state index contributed by atoms with van der Waals surface area (Å²) in [5.74, 6) is -1.69. The van der Waals surface area contributed by atoms with E-state index in [0.717, 1.165) is 31.4 Å². The van der Waals surface area contributed by atoms with Gasteiger partial charge in [-0.25, -0.2) is 4.79 Å². The van der Waals surface area contributed by atoms with Crippen molar-refractivity contribution in [2.24, 2.45) is 0 Å². The molecular formula is C15H20FNO4. The van der Waals surface area contributed by atoms with Crippen molar-refractivity contribution in [3.8, 4) is 0 Å². The first-order valence-corrected chi connectivity index (χ1v) is 7.17. The third kappa shape index (κ3) is 5.89. The van der Waals surface area contributed by atoms with E-state index in [4.69, 9.17) is 4.74 Å². The Morgan fingerprint density at radius 2 is 1.90 bits per heavy atom. The van der Waals surface area contributed by atoms with Crippen molar-refractivity contribution in [1.29, 1.82) is 0 Å². The lowest BCUT2D eigenvalue weighted by atomic mass is 10.1. The number of nitro groups is 1. The highest BCUT2D eigenvalue weighted by molar-refractivity contribution is 5.89.